The van der Waals surface area contributed by atoms with Gasteiger partial charge in [-0.2, -0.15) is 0 Å². The Morgan fingerprint density at radius 2 is 2.20 bits per heavy atom. The first-order valence-corrected chi connectivity index (χ1v) is 6.09. The van der Waals surface area contributed by atoms with Crippen LogP contribution in [0.1, 0.15) is 31.9 Å². The summed E-state index contributed by atoms with van der Waals surface area (Å²) in [5.74, 6) is 1.45. The van der Waals surface area contributed by atoms with E-state index in [1.807, 2.05) is 12.1 Å². The fourth-order valence-corrected chi connectivity index (χ4v) is 2.29. The van der Waals surface area contributed by atoms with E-state index < -0.39 is 0 Å². The molecule has 1 heterocycles. The van der Waals surface area contributed by atoms with E-state index in [1.165, 1.54) is 0 Å². The first-order chi connectivity index (χ1) is 7.08. The van der Waals surface area contributed by atoms with Crippen molar-refractivity contribution in [3.05, 3.63) is 28.2 Å². The lowest BCUT2D eigenvalue weighted by atomic mass is 9.92. The predicted molar refractivity (Wildman–Crippen MR) is 64.9 cm³/mol. The summed E-state index contributed by atoms with van der Waals surface area (Å²) < 4.78 is 6.98. The molecule has 0 saturated heterocycles. The number of hydrogen-bond acceptors (Lipinski definition) is 2. The van der Waals surface area contributed by atoms with Gasteiger partial charge in [0.2, 0.25) is 0 Å². The highest BCUT2D eigenvalue weighted by molar-refractivity contribution is 9.10. The SMILES string of the molecule is CC(C)[C@@H]1C[C@H](N)c2cc(Br)ccc2O1. The first kappa shape index (κ1) is 11.0. The molecule has 3 heteroatoms. The van der Waals surface area contributed by atoms with Crippen LogP contribution in [0.2, 0.25) is 0 Å². The zero-order chi connectivity index (χ0) is 11.0. The third kappa shape index (κ3) is 2.18. The van der Waals surface area contributed by atoms with Gasteiger partial charge in [-0.05, 0) is 24.1 Å². The van der Waals surface area contributed by atoms with E-state index in [9.17, 15) is 0 Å². The molecular weight excluding hydrogens is 254 g/mol. The van der Waals surface area contributed by atoms with Crippen LogP contribution in [0.25, 0.3) is 0 Å². The molecule has 2 N–H and O–H groups in total. The van der Waals surface area contributed by atoms with Crippen molar-refractivity contribution >= 4 is 15.9 Å². The quantitative estimate of drug-likeness (QED) is 0.850. The standard InChI is InChI=1S/C12H16BrNO/c1-7(2)12-6-10(14)9-5-8(13)3-4-11(9)15-12/h3-5,7,10,12H,6,14H2,1-2H3/t10-,12-/m0/s1. The molecule has 82 valence electrons. The second-order valence-corrected chi connectivity index (χ2v) is 5.34. The minimum absolute atomic E-state index is 0.0960. The minimum atomic E-state index is 0.0960. The smallest absolute Gasteiger partial charge is 0.124 e. The zero-order valence-corrected chi connectivity index (χ0v) is 10.6. The maximum Gasteiger partial charge on any atom is 0.124 e. The van der Waals surface area contributed by atoms with Crippen molar-refractivity contribution in [2.75, 3.05) is 0 Å². The van der Waals surface area contributed by atoms with Gasteiger partial charge in [-0.3, -0.25) is 0 Å². The third-order valence-electron chi connectivity index (χ3n) is 2.88. The second kappa shape index (κ2) is 4.14. The molecule has 0 aliphatic carbocycles. The lowest BCUT2D eigenvalue weighted by Crippen LogP contribution is -2.33. The molecule has 2 nitrogen and oxygen atoms in total. The topological polar surface area (TPSA) is 35.2 Å². The van der Waals surface area contributed by atoms with Crippen LogP contribution < -0.4 is 10.5 Å². The molecule has 0 aromatic heterocycles. The monoisotopic (exact) mass is 269 g/mol. The molecule has 0 radical (unpaired) electrons. The van der Waals surface area contributed by atoms with Crippen LogP contribution in [0.3, 0.4) is 0 Å². The molecule has 1 aromatic rings. The maximum atomic E-state index is 6.14. The fraction of sp³-hybridized carbons (Fsp3) is 0.500. The molecule has 0 amide bonds. The number of rotatable bonds is 1. The van der Waals surface area contributed by atoms with Gasteiger partial charge in [-0.1, -0.05) is 29.8 Å². The first-order valence-electron chi connectivity index (χ1n) is 5.29. The van der Waals surface area contributed by atoms with Gasteiger partial charge in [0, 0.05) is 22.5 Å². The van der Waals surface area contributed by atoms with Gasteiger partial charge in [0.25, 0.3) is 0 Å². The second-order valence-electron chi connectivity index (χ2n) is 4.42. The number of nitrogens with two attached hydrogens (primary N) is 1. The van der Waals surface area contributed by atoms with E-state index in [-0.39, 0.29) is 12.1 Å². The Labute approximate surface area is 98.9 Å². The molecule has 15 heavy (non-hydrogen) atoms. The molecule has 0 bridgehead atoms. The van der Waals surface area contributed by atoms with Crippen molar-refractivity contribution in [3.8, 4) is 5.75 Å². The molecule has 0 unspecified atom stereocenters. The molecule has 1 aliphatic heterocycles. The lowest BCUT2D eigenvalue weighted by Gasteiger charge is -2.32. The highest BCUT2D eigenvalue weighted by atomic mass is 79.9. The average Bonchev–Trinajstić information content (AvgIpc) is 2.18. The van der Waals surface area contributed by atoms with E-state index >= 15 is 0 Å². The Morgan fingerprint density at radius 3 is 2.87 bits per heavy atom. The van der Waals surface area contributed by atoms with Crippen LogP contribution in [-0.2, 0) is 0 Å². The van der Waals surface area contributed by atoms with Crippen LogP contribution in [0.15, 0.2) is 22.7 Å². The fourth-order valence-electron chi connectivity index (χ4n) is 1.91. The Hall–Kier alpha value is -0.540. The van der Waals surface area contributed by atoms with Gasteiger partial charge in [-0.25, -0.2) is 0 Å². The van der Waals surface area contributed by atoms with Gasteiger partial charge >= 0.3 is 0 Å². The van der Waals surface area contributed by atoms with Crippen LogP contribution >= 0.6 is 15.9 Å². The molecule has 2 rings (SSSR count). The third-order valence-corrected chi connectivity index (χ3v) is 3.37. The van der Waals surface area contributed by atoms with Gasteiger partial charge in [0.1, 0.15) is 11.9 Å². The molecule has 0 fully saturated rings. The minimum Gasteiger partial charge on any atom is -0.490 e. The van der Waals surface area contributed by atoms with E-state index in [2.05, 4.69) is 35.8 Å². The molecular formula is C12H16BrNO. The predicted octanol–water partition coefficient (Wildman–Crippen LogP) is 3.26. The number of benzene rings is 1. The Bertz CT molecular complexity index is 365. The average molecular weight is 270 g/mol. The Kier molecular flexibility index (Phi) is 3.03. The van der Waals surface area contributed by atoms with Crippen molar-refractivity contribution in [1.29, 1.82) is 0 Å². The number of fused-ring (bicyclic) bond motifs is 1. The Morgan fingerprint density at radius 1 is 1.47 bits per heavy atom. The maximum absolute atomic E-state index is 6.14. The lowest BCUT2D eigenvalue weighted by molar-refractivity contribution is 0.115. The van der Waals surface area contributed by atoms with E-state index in [4.69, 9.17) is 10.5 Å². The van der Waals surface area contributed by atoms with Crippen molar-refractivity contribution in [3.63, 3.8) is 0 Å². The number of hydrogen-bond donors (Lipinski definition) is 1. The molecule has 2 atom stereocenters. The van der Waals surface area contributed by atoms with E-state index in [1.54, 1.807) is 0 Å². The van der Waals surface area contributed by atoms with Crippen molar-refractivity contribution in [2.45, 2.75) is 32.4 Å². The van der Waals surface area contributed by atoms with Crippen LogP contribution in [0.4, 0.5) is 0 Å². The number of halogens is 1. The van der Waals surface area contributed by atoms with E-state index in [0.29, 0.717) is 5.92 Å². The normalized spacial score (nSPS) is 24.9. The van der Waals surface area contributed by atoms with Crippen molar-refractivity contribution in [2.24, 2.45) is 11.7 Å². The van der Waals surface area contributed by atoms with Crippen LogP contribution in [0.5, 0.6) is 5.75 Å². The van der Waals surface area contributed by atoms with Crippen LogP contribution in [-0.4, -0.2) is 6.10 Å². The summed E-state index contributed by atoms with van der Waals surface area (Å²) in [6.07, 6.45) is 1.15. The summed E-state index contributed by atoms with van der Waals surface area (Å²) >= 11 is 3.45. The van der Waals surface area contributed by atoms with Crippen molar-refractivity contribution < 1.29 is 4.74 Å². The number of ether oxygens (including phenoxy) is 1. The van der Waals surface area contributed by atoms with Gasteiger partial charge in [0.05, 0.1) is 0 Å². The van der Waals surface area contributed by atoms with Gasteiger partial charge in [-0.15, -0.1) is 0 Å². The molecule has 0 spiro atoms. The summed E-state index contributed by atoms with van der Waals surface area (Å²) in [5, 5.41) is 0. The molecule has 0 saturated carbocycles. The highest BCUT2D eigenvalue weighted by Gasteiger charge is 2.27. The summed E-state index contributed by atoms with van der Waals surface area (Å²) in [4.78, 5) is 0. The summed E-state index contributed by atoms with van der Waals surface area (Å²) in [7, 11) is 0. The summed E-state index contributed by atoms with van der Waals surface area (Å²) in [6.45, 7) is 4.34. The molecule has 1 aromatic carbocycles. The van der Waals surface area contributed by atoms with E-state index in [0.717, 1.165) is 22.2 Å². The van der Waals surface area contributed by atoms with Crippen LogP contribution in [0, 0.1) is 5.92 Å². The van der Waals surface area contributed by atoms with Gasteiger partial charge in [0.15, 0.2) is 0 Å². The summed E-state index contributed by atoms with van der Waals surface area (Å²) in [6, 6.07) is 6.14. The Balaban J connectivity index is 2.32. The largest absolute Gasteiger partial charge is 0.490 e. The zero-order valence-electron chi connectivity index (χ0n) is 9.03. The van der Waals surface area contributed by atoms with Crippen molar-refractivity contribution in [1.82, 2.24) is 0 Å². The van der Waals surface area contributed by atoms with Gasteiger partial charge < -0.3 is 10.5 Å². The highest BCUT2D eigenvalue weighted by Crippen LogP contribution is 2.36. The molecule has 1 aliphatic rings. The summed E-state index contributed by atoms with van der Waals surface area (Å²) in [5.41, 5.74) is 7.25.